The number of hydrogen-bond donors (Lipinski definition) is 2. The molecular weight excluding hydrogens is 188 g/mol. The molecule has 3 nitrogen and oxygen atoms in total. The number of rotatable bonds is 7. The Hall–Kier alpha value is -0.570. The van der Waals surface area contributed by atoms with Gasteiger partial charge in [-0.2, -0.15) is 0 Å². The lowest BCUT2D eigenvalue weighted by atomic mass is 9.85. The van der Waals surface area contributed by atoms with Crippen molar-refractivity contribution < 1.29 is 4.79 Å². The lowest BCUT2D eigenvalue weighted by Gasteiger charge is -2.25. The van der Waals surface area contributed by atoms with E-state index < -0.39 is 0 Å². The summed E-state index contributed by atoms with van der Waals surface area (Å²) in [6, 6.07) is 0. The highest BCUT2D eigenvalue weighted by Gasteiger charge is 2.16. The minimum Gasteiger partial charge on any atom is -0.359 e. The molecule has 0 aliphatic rings. The van der Waals surface area contributed by atoms with Crippen molar-refractivity contribution in [2.24, 2.45) is 17.8 Å². The maximum atomic E-state index is 11.0. The summed E-state index contributed by atoms with van der Waals surface area (Å²) >= 11 is 0. The SMILES string of the molecule is CNC(=O)CCNCC(C(C)C)C(C)C. The molecule has 90 valence electrons. The Balaban J connectivity index is 3.68. The van der Waals surface area contributed by atoms with Crippen LogP contribution in [0.15, 0.2) is 0 Å². The van der Waals surface area contributed by atoms with Crippen LogP contribution in [0, 0.1) is 17.8 Å². The Kier molecular flexibility index (Phi) is 7.39. The molecule has 15 heavy (non-hydrogen) atoms. The van der Waals surface area contributed by atoms with E-state index in [2.05, 4.69) is 38.3 Å². The van der Waals surface area contributed by atoms with Crippen LogP contribution in [0.4, 0.5) is 0 Å². The van der Waals surface area contributed by atoms with Gasteiger partial charge in [0.05, 0.1) is 0 Å². The maximum Gasteiger partial charge on any atom is 0.221 e. The summed E-state index contributed by atoms with van der Waals surface area (Å²) in [7, 11) is 1.67. The van der Waals surface area contributed by atoms with Gasteiger partial charge in [-0.25, -0.2) is 0 Å². The van der Waals surface area contributed by atoms with E-state index in [0.717, 1.165) is 13.1 Å². The van der Waals surface area contributed by atoms with Crippen molar-refractivity contribution in [3.63, 3.8) is 0 Å². The van der Waals surface area contributed by atoms with E-state index >= 15 is 0 Å². The van der Waals surface area contributed by atoms with Crippen LogP contribution in [0.25, 0.3) is 0 Å². The summed E-state index contributed by atoms with van der Waals surface area (Å²) in [5.41, 5.74) is 0. The third kappa shape index (κ3) is 6.50. The highest BCUT2D eigenvalue weighted by Crippen LogP contribution is 2.19. The summed E-state index contributed by atoms with van der Waals surface area (Å²) in [5, 5.41) is 5.97. The second kappa shape index (κ2) is 7.69. The smallest absolute Gasteiger partial charge is 0.221 e. The molecule has 0 aromatic rings. The zero-order chi connectivity index (χ0) is 11.8. The topological polar surface area (TPSA) is 41.1 Å². The van der Waals surface area contributed by atoms with Gasteiger partial charge in [-0.1, -0.05) is 27.7 Å². The van der Waals surface area contributed by atoms with Crippen LogP contribution < -0.4 is 10.6 Å². The molecule has 0 unspecified atom stereocenters. The Morgan fingerprint density at radius 1 is 1.13 bits per heavy atom. The van der Waals surface area contributed by atoms with Crippen molar-refractivity contribution in [1.29, 1.82) is 0 Å². The molecule has 0 spiro atoms. The normalized spacial score (nSPS) is 11.5. The molecule has 0 aromatic heterocycles. The highest BCUT2D eigenvalue weighted by molar-refractivity contribution is 5.75. The van der Waals surface area contributed by atoms with Crippen LogP contribution in [-0.2, 0) is 4.79 Å². The summed E-state index contributed by atoms with van der Waals surface area (Å²) in [6.45, 7) is 10.8. The minimum absolute atomic E-state index is 0.105. The van der Waals surface area contributed by atoms with Crippen molar-refractivity contribution in [3.05, 3.63) is 0 Å². The van der Waals surface area contributed by atoms with E-state index in [0.29, 0.717) is 24.2 Å². The summed E-state index contributed by atoms with van der Waals surface area (Å²) < 4.78 is 0. The number of amides is 1. The molecule has 0 aliphatic carbocycles. The van der Waals surface area contributed by atoms with Crippen molar-refractivity contribution in [2.75, 3.05) is 20.1 Å². The van der Waals surface area contributed by atoms with Gasteiger partial charge in [0, 0.05) is 20.0 Å². The monoisotopic (exact) mass is 214 g/mol. The molecule has 3 heteroatoms. The Bertz CT molecular complexity index is 170. The molecule has 0 radical (unpaired) electrons. The van der Waals surface area contributed by atoms with Gasteiger partial charge in [-0.15, -0.1) is 0 Å². The Labute approximate surface area is 94.0 Å². The summed E-state index contributed by atoms with van der Waals surface area (Å²) in [6.07, 6.45) is 0.569. The van der Waals surface area contributed by atoms with E-state index in [1.807, 2.05) is 0 Å². The Morgan fingerprint density at radius 3 is 2.07 bits per heavy atom. The third-order valence-electron chi connectivity index (χ3n) is 2.90. The van der Waals surface area contributed by atoms with Crippen molar-refractivity contribution in [1.82, 2.24) is 10.6 Å². The van der Waals surface area contributed by atoms with E-state index in [4.69, 9.17) is 0 Å². The van der Waals surface area contributed by atoms with E-state index in [9.17, 15) is 4.79 Å². The quantitative estimate of drug-likeness (QED) is 0.633. The first kappa shape index (κ1) is 14.4. The summed E-state index contributed by atoms with van der Waals surface area (Å²) in [5.74, 6) is 2.18. The first-order valence-electron chi connectivity index (χ1n) is 5.90. The van der Waals surface area contributed by atoms with Gasteiger partial charge in [0.2, 0.25) is 5.91 Å². The largest absolute Gasteiger partial charge is 0.359 e. The van der Waals surface area contributed by atoms with Gasteiger partial charge in [0.25, 0.3) is 0 Å². The van der Waals surface area contributed by atoms with E-state index in [-0.39, 0.29) is 5.91 Å². The fraction of sp³-hybridized carbons (Fsp3) is 0.917. The third-order valence-corrected chi connectivity index (χ3v) is 2.90. The van der Waals surface area contributed by atoms with Crippen molar-refractivity contribution >= 4 is 5.91 Å². The fourth-order valence-corrected chi connectivity index (χ4v) is 1.84. The summed E-state index contributed by atoms with van der Waals surface area (Å²) in [4.78, 5) is 11.0. The first-order chi connectivity index (χ1) is 6.99. The van der Waals surface area contributed by atoms with Gasteiger partial charge >= 0.3 is 0 Å². The Morgan fingerprint density at radius 2 is 1.67 bits per heavy atom. The highest BCUT2D eigenvalue weighted by atomic mass is 16.1. The van der Waals surface area contributed by atoms with Gasteiger partial charge in [-0.05, 0) is 24.3 Å². The maximum absolute atomic E-state index is 11.0. The van der Waals surface area contributed by atoms with Gasteiger partial charge in [0.15, 0.2) is 0 Å². The second-order valence-electron chi connectivity index (χ2n) is 4.78. The molecule has 0 heterocycles. The minimum atomic E-state index is 0.105. The van der Waals surface area contributed by atoms with E-state index in [1.165, 1.54) is 0 Å². The fourth-order valence-electron chi connectivity index (χ4n) is 1.84. The van der Waals surface area contributed by atoms with Crippen LogP contribution in [0.3, 0.4) is 0 Å². The number of nitrogens with one attached hydrogen (secondary N) is 2. The van der Waals surface area contributed by atoms with Crippen molar-refractivity contribution in [3.8, 4) is 0 Å². The molecule has 0 bridgehead atoms. The van der Waals surface area contributed by atoms with Crippen molar-refractivity contribution in [2.45, 2.75) is 34.1 Å². The van der Waals surface area contributed by atoms with Crippen LogP contribution in [0.2, 0.25) is 0 Å². The molecule has 0 fully saturated rings. The van der Waals surface area contributed by atoms with Crippen LogP contribution in [-0.4, -0.2) is 26.0 Å². The van der Waals surface area contributed by atoms with Crippen LogP contribution in [0.5, 0.6) is 0 Å². The molecule has 1 amide bonds. The molecule has 0 atom stereocenters. The standard InChI is InChI=1S/C12H26N2O/c1-9(2)11(10(3)4)8-14-7-6-12(15)13-5/h9-11,14H,6-8H2,1-5H3,(H,13,15). The predicted octanol–water partition coefficient (Wildman–Crippen LogP) is 1.64. The first-order valence-corrected chi connectivity index (χ1v) is 5.90. The second-order valence-corrected chi connectivity index (χ2v) is 4.78. The van der Waals surface area contributed by atoms with Gasteiger partial charge in [0.1, 0.15) is 0 Å². The number of hydrogen-bond acceptors (Lipinski definition) is 2. The zero-order valence-corrected chi connectivity index (χ0v) is 10.8. The average molecular weight is 214 g/mol. The van der Waals surface area contributed by atoms with E-state index in [1.54, 1.807) is 7.05 Å². The lowest BCUT2D eigenvalue weighted by Crippen LogP contribution is -2.32. The molecule has 0 aliphatic heterocycles. The molecule has 0 rings (SSSR count). The average Bonchev–Trinajstić information content (AvgIpc) is 2.15. The van der Waals surface area contributed by atoms with Gasteiger partial charge in [-0.3, -0.25) is 4.79 Å². The molecular formula is C12H26N2O. The van der Waals surface area contributed by atoms with Crippen LogP contribution in [0.1, 0.15) is 34.1 Å². The lowest BCUT2D eigenvalue weighted by molar-refractivity contribution is -0.120. The zero-order valence-electron chi connectivity index (χ0n) is 10.8. The molecule has 0 aromatic carbocycles. The molecule has 0 saturated heterocycles. The predicted molar refractivity (Wildman–Crippen MR) is 64.7 cm³/mol. The number of carbonyl (C=O) groups excluding carboxylic acids is 1. The molecule has 0 saturated carbocycles. The van der Waals surface area contributed by atoms with Gasteiger partial charge < -0.3 is 10.6 Å². The molecule has 2 N–H and O–H groups in total. The number of carbonyl (C=O) groups is 1. The van der Waals surface area contributed by atoms with Crippen LogP contribution >= 0.6 is 0 Å².